The second kappa shape index (κ2) is 8.02. The normalized spacial score (nSPS) is 22.0. The fourth-order valence-corrected chi connectivity index (χ4v) is 4.95. The highest BCUT2D eigenvalue weighted by Gasteiger charge is 2.42. The number of pyridine rings is 1. The Morgan fingerprint density at radius 2 is 1.68 bits per heavy atom. The van der Waals surface area contributed by atoms with Crippen molar-refractivity contribution in [2.75, 3.05) is 26.2 Å². The lowest BCUT2D eigenvalue weighted by Crippen LogP contribution is -2.55. The van der Waals surface area contributed by atoms with Crippen LogP contribution in [0, 0.1) is 5.41 Å². The van der Waals surface area contributed by atoms with Crippen molar-refractivity contribution in [1.82, 2.24) is 14.8 Å². The molecule has 0 bridgehead atoms. The average Bonchev–Trinajstić information content (AvgIpc) is 2.71. The number of hydrogen-bond donors (Lipinski definition) is 1. The van der Waals surface area contributed by atoms with Gasteiger partial charge in [0.25, 0.3) is 5.91 Å². The van der Waals surface area contributed by atoms with Crippen LogP contribution >= 0.6 is 0 Å². The van der Waals surface area contributed by atoms with Crippen LogP contribution in [0.2, 0.25) is 0 Å². The number of aromatic nitrogens is 1. The topological polar surface area (TPSA) is 82.7 Å². The molecule has 3 heterocycles. The molecule has 4 rings (SSSR count). The number of carbonyl (C=O) groups is 2. The van der Waals surface area contributed by atoms with Crippen molar-refractivity contribution in [3.8, 4) is 0 Å². The van der Waals surface area contributed by atoms with Gasteiger partial charge < -0.3 is 19.5 Å². The lowest BCUT2D eigenvalue weighted by atomic mass is 9.73. The highest BCUT2D eigenvalue weighted by Crippen LogP contribution is 2.39. The van der Waals surface area contributed by atoms with Crippen molar-refractivity contribution in [3.63, 3.8) is 0 Å². The maximum atomic E-state index is 13.5. The maximum absolute atomic E-state index is 13.5. The maximum Gasteiger partial charge on any atom is 0.410 e. The van der Waals surface area contributed by atoms with E-state index < -0.39 is 5.60 Å². The first-order valence-electron chi connectivity index (χ1n) is 11.1. The van der Waals surface area contributed by atoms with Crippen molar-refractivity contribution in [3.05, 3.63) is 46.2 Å². The third kappa shape index (κ3) is 4.60. The highest BCUT2D eigenvalue weighted by molar-refractivity contribution is 6.06. The van der Waals surface area contributed by atoms with Crippen LogP contribution in [0.3, 0.4) is 0 Å². The Balaban J connectivity index is 1.54. The standard InChI is InChI=1S/C24H31N3O4/c1-23(2,3)31-22(30)27-14-6-12-24(16-27)11-5-13-26(15-24)21(29)18-7-4-8-19-17(18)9-10-20(28)25-19/h4,7-10H,5-6,11-16H2,1-3H3,(H,25,28). The summed E-state index contributed by atoms with van der Waals surface area (Å²) in [5, 5.41) is 0.755. The lowest BCUT2D eigenvalue weighted by molar-refractivity contribution is -0.0129. The Hall–Kier alpha value is -2.83. The van der Waals surface area contributed by atoms with Crippen LogP contribution in [0.15, 0.2) is 35.1 Å². The molecule has 1 atom stereocenters. The minimum atomic E-state index is -0.522. The number of piperidine rings is 2. The summed E-state index contributed by atoms with van der Waals surface area (Å²) in [6.45, 7) is 8.28. The molecule has 2 aliphatic rings. The molecule has 1 aromatic carbocycles. The van der Waals surface area contributed by atoms with Crippen LogP contribution in [-0.4, -0.2) is 58.6 Å². The van der Waals surface area contributed by atoms with Gasteiger partial charge in [-0.2, -0.15) is 0 Å². The number of H-pyrrole nitrogens is 1. The van der Waals surface area contributed by atoms with Gasteiger partial charge >= 0.3 is 6.09 Å². The van der Waals surface area contributed by atoms with Crippen molar-refractivity contribution >= 4 is 22.9 Å². The Morgan fingerprint density at radius 1 is 1.00 bits per heavy atom. The molecular formula is C24H31N3O4. The van der Waals surface area contributed by atoms with E-state index in [0.29, 0.717) is 37.3 Å². The number of rotatable bonds is 1. The zero-order valence-corrected chi connectivity index (χ0v) is 18.6. The molecule has 2 fully saturated rings. The first-order valence-corrected chi connectivity index (χ1v) is 11.1. The summed E-state index contributed by atoms with van der Waals surface area (Å²) in [7, 11) is 0. The van der Waals surface area contributed by atoms with Crippen LogP contribution in [0.25, 0.3) is 10.9 Å². The van der Waals surface area contributed by atoms with Gasteiger partial charge in [0.05, 0.1) is 0 Å². The van der Waals surface area contributed by atoms with Crippen LogP contribution in [0.4, 0.5) is 4.79 Å². The molecular weight excluding hydrogens is 394 g/mol. The summed E-state index contributed by atoms with van der Waals surface area (Å²) in [6.07, 6.45) is 3.55. The average molecular weight is 426 g/mol. The zero-order valence-electron chi connectivity index (χ0n) is 18.6. The van der Waals surface area contributed by atoms with E-state index in [-0.39, 0.29) is 23.0 Å². The predicted molar refractivity (Wildman–Crippen MR) is 119 cm³/mol. The van der Waals surface area contributed by atoms with E-state index >= 15 is 0 Å². The smallest absolute Gasteiger partial charge is 0.410 e. The summed E-state index contributed by atoms with van der Waals surface area (Å²) >= 11 is 0. The van der Waals surface area contributed by atoms with Gasteiger partial charge in [-0.3, -0.25) is 9.59 Å². The van der Waals surface area contributed by atoms with Gasteiger partial charge in [0, 0.05) is 54.1 Å². The molecule has 0 aliphatic carbocycles. The molecule has 0 radical (unpaired) electrons. The second-order valence-corrected chi connectivity index (χ2v) is 9.93. The van der Waals surface area contributed by atoms with Gasteiger partial charge in [0.2, 0.25) is 5.56 Å². The monoisotopic (exact) mass is 425 g/mol. The van der Waals surface area contributed by atoms with E-state index in [9.17, 15) is 14.4 Å². The van der Waals surface area contributed by atoms with Gasteiger partial charge in [-0.25, -0.2) is 4.79 Å². The molecule has 2 aromatic rings. The third-order valence-corrected chi connectivity index (χ3v) is 6.26. The fourth-order valence-electron chi connectivity index (χ4n) is 4.95. The number of hydrogen-bond acceptors (Lipinski definition) is 4. The molecule has 1 N–H and O–H groups in total. The molecule has 0 saturated carbocycles. The number of ether oxygens (including phenoxy) is 1. The van der Waals surface area contributed by atoms with Crippen LogP contribution in [-0.2, 0) is 4.74 Å². The number of fused-ring (bicyclic) bond motifs is 1. The number of aromatic amines is 1. The third-order valence-electron chi connectivity index (χ3n) is 6.26. The number of benzene rings is 1. The summed E-state index contributed by atoms with van der Waals surface area (Å²) in [6, 6.07) is 8.60. The lowest BCUT2D eigenvalue weighted by Gasteiger charge is -2.48. The van der Waals surface area contributed by atoms with Crippen molar-refractivity contribution in [2.45, 2.75) is 52.1 Å². The molecule has 1 spiro atoms. The molecule has 2 amide bonds. The summed E-state index contributed by atoms with van der Waals surface area (Å²) < 4.78 is 5.59. The summed E-state index contributed by atoms with van der Waals surface area (Å²) in [5.74, 6) is -0.0221. The summed E-state index contributed by atoms with van der Waals surface area (Å²) in [5.41, 5.74) is 0.469. The number of likely N-dealkylation sites (tertiary alicyclic amines) is 2. The first-order chi connectivity index (χ1) is 14.7. The van der Waals surface area contributed by atoms with Crippen molar-refractivity contribution in [2.24, 2.45) is 5.41 Å². The molecule has 1 aromatic heterocycles. The molecule has 166 valence electrons. The summed E-state index contributed by atoms with van der Waals surface area (Å²) in [4.78, 5) is 44.3. The fraction of sp³-hybridized carbons (Fsp3) is 0.542. The minimum Gasteiger partial charge on any atom is -0.444 e. The first kappa shape index (κ1) is 21.4. The van der Waals surface area contributed by atoms with E-state index in [1.165, 1.54) is 6.07 Å². The van der Waals surface area contributed by atoms with Crippen LogP contribution in [0.5, 0.6) is 0 Å². The van der Waals surface area contributed by atoms with E-state index in [4.69, 9.17) is 4.74 Å². The van der Waals surface area contributed by atoms with Gasteiger partial charge in [-0.15, -0.1) is 0 Å². The van der Waals surface area contributed by atoms with Gasteiger partial charge in [-0.1, -0.05) is 6.07 Å². The van der Waals surface area contributed by atoms with Crippen LogP contribution in [0.1, 0.15) is 56.8 Å². The Morgan fingerprint density at radius 3 is 2.39 bits per heavy atom. The molecule has 31 heavy (non-hydrogen) atoms. The van der Waals surface area contributed by atoms with E-state index in [1.54, 1.807) is 12.1 Å². The van der Waals surface area contributed by atoms with Gasteiger partial charge in [0.15, 0.2) is 0 Å². The Bertz CT molecular complexity index is 1050. The van der Waals surface area contributed by atoms with Gasteiger partial charge in [-0.05, 0) is 64.7 Å². The SMILES string of the molecule is CC(C)(C)OC(=O)N1CCCC2(CCCN(C(=O)c3cccc4[nH]c(=O)ccc34)C2)C1. The number of nitrogens with one attached hydrogen (secondary N) is 1. The molecule has 2 aliphatic heterocycles. The van der Waals surface area contributed by atoms with E-state index in [1.807, 2.05) is 42.7 Å². The Kier molecular flexibility index (Phi) is 5.54. The quantitative estimate of drug-likeness (QED) is 0.754. The largest absolute Gasteiger partial charge is 0.444 e. The van der Waals surface area contributed by atoms with Crippen molar-refractivity contribution < 1.29 is 14.3 Å². The number of carbonyl (C=O) groups excluding carboxylic acids is 2. The van der Waals surface area contributed by atoms with E-state index in [2.05, 4.69) is 4.98 Å². The van der Waals surface area contributed by atoms with Gasteiger partial charge in [0.1, 0.15) is 5.60 Å². The molecule has 7 nitrogen and oxygen atoms in total. The van der Waals surface area contributed by atoms with E-state index in [0.717, 1.165) is 31.1 Å². The minimum absolute atomic E-state index is 0.0221. The second-order valence-electron chi connectivity index (χ2n) is 9.93. The number of nitrogens with zero attached hydrogens (tertiary/aromatic N) is 2. The van der Waals surface area contributed by atoms with Crippen molar-refractivity contribution in [1.29, 1.82) is 0 Å². The number of amides is 2. The Labute approximate surface area is 182 Å². The molecule has 1 unspecified atom stereocenters. The van der Waals surface area contributed by atoms with Crippen LogP contribution < -0.4 is 5.56 Å². The molecule has 2 saturated heterocycles. The zero-order chi connectivity index (χ0) is 22.2. The highest BCUT2D eigenvalue weighted by atomic mass is 16.6. The predicted octanol–water partition coefficient (Wildman–Crippen LogP) is 3.78. The molecule has 7 heteroatoms.